The lowest BCUT2D eigenvalue weighted by Gasteiger charge is -2.25. The number of rotatable bonds is 7. The van der Waals surface area contributed by atoms with E-state index in [4.69, 9.17) is 0 Å². The highest BCUT2D eigenvalue weighted by Gasteiger charge is 2.49. The van der Waals surface area contributed by atoms with Gasteiger partial charge in [-0.05, 0) is 25.3 Å². The first-order valence-electron chi connectivity index (χ1n) is 8.41. The second-order valence-corrected chi connectivity index (χ2v) is 6.19. The highest BCUT2D eigenvalue weighted by Crippen LogP contribution is 2.28. The Bertz CT molecular complexity index is 611. The summed E-state index contributed by atoms with van der Waals surface area (Å²) in [5.41, 5.74) is -0.420. The standard InChI is InChI=1S/C18H25N3O3/c1-4-11-20(12-5-2)15(22)13-21-16(23)18(3,19-17(21)24)14-9-7-6-8-10-14/h6-10H,4-5,11-13H2,1-3H3,(H,19,24). The van der Waals surface area contributed by atoms with Crippen LogP contribution in [0.15, 0.2) is 30.3 Å². The molecule has 0 bridgehead atoms. The molecule has 1 heterocycles. The zero-order valence-corrected chi connectivity index (χ0v) is 14.5. The van der Waals surface area contributed by atoms with Crippen LogP contribution in [0.4, 0.5) is 4.79 Å². The number of imide groups is 1. The minimum atomic E-state index is -1.13. The maximum atomic E-state index is 12.8. The van der Waals surface area contributed by atoms with Crippen LogP contribution in [0.2, 0.25) is 0 Å². The summed E-state index contributed by atoms with van der Waals surface area (Å²) in [6, 6.07) is 8.56. The average Bonchev–Trinajstić information content (AvgIpc) is 2.79. The molecule has 1 aliphatic heterocycles. The van der Waals surface area contributed by atoms with Gasteiger partial charge in [-0.3, -0.25) is 14.5 Å². The molecule has 24 heavy (non-hydrogen) atoms. The fourth-order valence-corrected chi connectivity index (χ4v) is 2.94. The number of amides is 4. The second kappa shape index (κ2) is 7.47. The normalized spacial score (nSPS) is 20.2. The first-order valence-corrected chi connectivity index (χ1v) is 8.41. The van der Waals surface area contributed by atoms with Gasteiger partial charge in [-0.1, -0.05) is 44.2 Å². The number of benzene rings is 1. The van der Waals surface area contributed by atoms with E-state index in [0.29, 0.717) is 18.7 Å². The monoisotopic (exact) mass is 331 g/mol. The van der Waals surface area contributed by atoms with Gasteiger partial charge in [0, 0.05) is 13.1 Å². The third kappa shape index (κ3) is 3.42. The quantitative estimate of drug-likeness (QED) is 0.778. The van der Waals surface area contributed by atoms with Crippen molar-refractivity contribution in [3.05, 3.63) is 35.9 Å². The summed E-state index contributed by atoms with van der Waals surface area (Å²) in [6.45, 7) is 6.71. The average molecular weight is 331 g/mol. The summed E-state index contributed by atoms with van der Waals surface area (Å²) < 4.78 is 0. The van der Waals surface area contributed by atoms with E-state index in [2.05, 4.69) is 5.32 Å². The molecule has 1 aromatic carbocycles. The van der Waals surface area contributed by atoms with Gasteiger partial charge in [0.05, 0.1) is 0 Å². The summed E-state index contributed by atoms with van der Waals surface area (Å²) >= 11 is 0. The van der Waals surface area contributed by atoms with Crippen LogP contribution in [0, 0.1) is 0 Å². The van der Waals surface area contributed by atoms with Crippen LogP contribution < -0.4 is 5.32 Å². The Labute approximate surface area is 142 Å². The first kappa shape index (κ1) is 18.0. The SMILES string of the molecule is CCCN(CCC)C(=O)CN1C(=O)NC(C)(c2ccccc2)C1=O. The minimum absolute atomic E-state index is 0.195. The fourth-order valence-electron chi connectivity index (χ4n) is 2.94. The number of nitrogens with zero attached hydrogens (tertiary/aromatic N) is 2. The summed E-state index contributed by atoms with van der Waals surface area (Å²) in [4.78, 5) is 40.3. The number of carbonyl (C=O) groups is 3. The molecule has 0 spiro atoms. The number of hydrogen-bond acceptors (Lipinski definition) is 3. The lowest BCUT2D eigenvalue weighted by molar-refractivity contribution is -0.139. The maximum absolute atomic E-state index is 12.8. The Morgan fingerprint density at radius 1 is 1.12 bits per heavy atom. The van der Waals surface area contributed by atoms with Crippen molar-refractivity contribution < 1.29 is 14.4 Å². The number of hydrogen-bond donors (Lipinski definition) is 1. The fraction of sp³-hybridized carbons (Fsp3) is 0.500. The topological polar surface area (TPSA) is 69.7 Å². The van der Waals surface area contributed by atoms with Crippen LogP contribution in [0.5, 0.6) is 0 Å². The third-order valence-electron chi connectivity index (χ3n) is 4.26. The molecule has 1 N–H and O–H groups in total. The Kier molecular flexibility index (Phi) is 5.59. The van der Waals surface area contributed by atoms with E-state index in [-0.39, 0.29) is 18.4 Å². The minimum Gasteiger partial charge on any atom is -0.341 e. The van der Waals surface area contributed by atoms with E-state index >= 15 is 0 Å². The van der Waals surface area contributed by atoms with Gasteiger partial charge in [-0.2, -0.15) is 0 Å². The largest absolute Gasteiger partial charge is 0.341 e. The number of nitrogens with one attached hydrogen (secondary N) is 1. The number of urea groups is 1. The van der Waals surface area contributed by atoms with Gasteiger partial charge < -0.3 is 10.2 Å². The molecule has 1 aromatic rings. The molecule has 0 radical (unpaired) electrons. The highest BCUT2D eigenvalue weighted by molar-refractivity contribution is 6.09. The van der Waals surface area contributed by atoms with E-state index in [1.807, 2.05) is 32.0 Å². The van der Waals surface area contributed by atoms with Crippen molar-refractivity contribution in [3.63, 3.8) is 0 Å². The molecule has 4 amide bonds. The van der Waals surface area contributed by atoms with Gasteiger partial charge in [-0.15, -0.1) is 0 Å². The van der Waals surface area contributed by atoms with Crippen molar-refractivity contribution in [2.75, 3.05) is 19.6 Å². The second-order valence-electron chi connectivity index (χ2n) is 6.19. The Morgan fingerprint density at radius 2 is 1.71 bits per heavy atom. The van der Waals surface area contributed by atoms with Crippen LogP contribution in [-0.4, -0.2) is 47.3 Å². The van der Waals surface area contributed by atoms with Gasteiger partial charge in [0.25, 0.3) is 5.91 Å². The predicted octanol–water partition coefficient (Wildman–Crippen LogP) is 2.10. The molecule has 130 valence electrons. The van der Waals surface area contributed by atoms with E-state index in [1.54, 1.807) is 24.0 Å². The molecule has 6 heteroatoms. The van der Waals surface area contributed by atoms with Crippen molar-refractivity contribution in [3.8, 4) is 0 Å². The van der Waals surface area contributed by atoms with E-state index in [0.717, 1.165) is 17.7 Å². The van der Waals surface area contributed by atoms with Crippen molar-refractivity contribution >= 4 is 17.8 Å². The molecule has 1 fully saturated rings. The molecule has 1 aliphatic rings. The molecule has 0 aliphatic carbocycles. The van der Waals surface area contributed by atoms with Crippen LogP contribution >= 0.6 is 0 Å². The molecule has 1 saturated heterocycles. The zero-order valence-electron chi connectivity index (χ0n) is 14.5. The lowest BCUT2D eigenvalue weighted by Crippen LogP contribution is -2.45. The zero-order chi connectivity index (χ0) is 17.7. The molecule has 6 nitrogen and oxygen atoms in total. The lowest BCUT2D eigenvalue weighted by atomic mass is 9.92. The van der Waals surface area contributed by atoms with E-state index in [1.165, 1.54) is 0 Å². The smallest absolute Gasteiger partial charge is 0.325 e. The van der Waals surface area contributed by atoms with Crippen LogP contribution in [-0.2, 0) is 15.1 Å². The predicted molar refractivity (Wildman–Crippen MR) is 91.2 cm³/mol. The van der Waals surface area contributed by atoms with Crippen molar-refractivity contribution in [2.45, 2.75) is 39.2 Å². The van der Waals surface area contributed by atoms with Gasteiger partial charge in [0.15, 0.2) is 0 Å². The molecular formula is C18H25N3O3. The van der Waals surface area contributed by atoms with Crippen molar-refractivity contribution in [1.82, 2.24) is 15.1 Å². The molecule has 0 aromatic heterocycles. The van der Waals surface area contributed by atoms with Gasteiger partial charge in [0.1, 0.15) is 12.1 Å². The van der Waals surface area contributed by atoms with Crippen molar-refractivity contribution in [1.29, 1.82) is 0 Å². The van der Waals surface area contributed by atoms with E-state index in [9.17, 15) is 14.4 Å². The molecule has 1 unspecified atom stereocenters. The summed E-state index contributed by atoms with van der Waals surface area (Å²) in [6.07, 6.45) is 1.68. The molecular weight excluding hydrogens is 306 g/mol. The van der Waals surface area contributed by atoms with E-state index < -0.39 is 11.6 Å². The summed E-state index contributed by atoms with van der Waals surface area (Å²) in [7, 11) is 0. The van der Waals surface area contributed by atoms with Gasteiger partial charge >= 0.3 is 6.03 Å². The summed E-state index contributed by atoms with van der Waals surface area (Å²) in [5.74, 6) is -0.584. The van der Waals surface area contributed by atoms with Crippen LogP contribution in [0.3, 0.4) is 0 Å². The Balaban J connectivity index is 2.16. The van der Waals surface area contributed by atoms with Crippen LogP contribution in [0.1, 0.15) is 39.2 Å². The molecule has 1 atom stereocenters. The molecule has 2 rings (SSSR count). The van der Waals surface area contributed by atoms with Gasteiger partial charge in [0.2, 0.25) is 5.91 Å². The summed E-state index contributed by atoms with van der Waals surface area (Å²) in [5, 5.41) is 2.72. The van der Waals surface area contributed by atoms with Crippen molar-refractivity contribution in [2.24, 2.45) is 0 Å². The third-order valence-corrected chi connectivity index (χ3v) is 4.26. The Hall–Kier alpha value is -2.37. The Morgan fingerprint density at radius 3 is 2.25 bits per heavy atom. The highest BCUT2D eigenvalue weighted by atomic mass is 16.2. The molecule has 0 saturated carbocycles. The van der Waals surface area contributed by atoms with Crippen LogP contribution in [0.25, 0.3) is 0 Å². The number of carbonyl (C=O) groups excluding carboxylic acids is 3. The van der Waals surface area contributed by atoms with Gasteiger partial charge in [-0.25, -0.2) is 4.79 Å². The first-order chi connectivity index (χ1) is 11.4. The maximum Gasteiger partial charge on any atom is 0.325 e.